The van der Waals surface area contributed by atoms with Crippen LogP contribution in [0.4, 0.5) is 0 Å². The van der Waals surface area contributed by atoms with Crippen LogP contribution in [0.15, 0.2) is 47.5 Å². The fourth-order valence-corrected chi connectivity index (χ4v) is 2.40. The number of pyridine rings is 1. The Hall–Kier alpha value is -1.98. The van der Waals surface area contributed by atoms with E-state index in [0.717, 1.165) is 17.0 Å². The van der Waals surface area contributed by atoms with Crippen LogP contribution in [0.1, 0.15) is 10.6 Å². The Morgan fingerprint density at radius 3 is 2.90 bits per heavy atom. The molecule has 0 aromatic carbocycles. The highest BCUT2D eigenvalue weighted by Crippen LogP contribution is 2.13. The molecule has 0 fully saturated rings. The zero-order valence-corrected chi connectivity index (χ0v) is 11.8. The van der Waals surface area contributed by atoms with Gasteiger partial charge < -0.3 is 10.4 Å². The molecule has 0 saturated carbocycles. The van der Waals surface area contributed by atoms with Crippen molar-refractivity contribution in [2.24, 2.45) is 0 Å². The number of rotatable bonds is 7. The van der Waals surface area contributed by atoms with Crippen molar-refractivity contribution in [2.45, 2.75) is 6.42 Å². The van der Waals surface area contributed by atoms with E-state index in [9.17, 15) is 9.90 Å². The fraction of sp³-hybridized carbons (Fsp3) is 0.200. The number of aromatic nitrogens is 1. The third kappa shape index (κ3) is 4.60. The lowest BCUT2D eigenvalue weighted by Gasteiger charge is -2.05. The summed E-state index contributed by atoms with van der Waals surface area (Å²) in [6.45, 7) is 1.05. The van der Waals surface area contributed by atoms with Gasteiger partial charge in [0.1, 0.15) is 0 Å². The highest BCUT2D eigenvalue weighted by atomic mass is 32.1. The van der Waals surface area contributed by atoms with Gasteiger partial charge in [-0.05, 0) is 29.7 Å². The Labute approximate surface area is 121 Å². The summed E-state index contributed by atoms with van der Waals surface area (Å²) in [6.07, 6.45) is 4.25. The van der Waals surface area contributed by atoms with E-state index in [4.69, 9.17) is 0 Å². The summed E-state index contributed by atoms with van der Waals surface area (Å²) in [4.78, 5) is 16.3. The van der Waals surface area contributed by atoms with Crippen molar-refractivity contribution in [2.75, 3.05) is 13.1 Å². The molecular weight excluding hydrogens is 272 g/mol. The Balaban J connectivity index is 1.83. The molecular formula is C15H16N2O2S. The summed E-state index contributed by atoms with van der Waals surface area (Å²) in [5.74, 6) is -0.885. The Morgan fingerprint density at radius 2 is 2.25 bits per heavy atom. The SMILES string of the molecule is O=C(O)C(=Cc1cccs1)CNCCc1ccccn1. The first-order chi connectivity index (χ1) is 9.75. The van der Waals surface area contributed by atoms with Crippen LogP contribution in [0.3, 0.4) is 0 Å². The number of nitrogens with one attached hydrogen (secondary N) is 1. The second kappa shape index (κ2) is 7.57. The molecule has 0 unspecified atom stereocenters. The lowest BCUT2D eigenvalue weighted by Crippen LogP contribution is -2.23. The summed E-state index contributed by atoms with van der Waals surface area (Å²) >= 11 is 1.53. The molecule has 2 aromatic heterocycles. The van der Waals surface area contributed by atoms with E-state index in [1.54, 1.807) is 12.3 Å². The number of nitrogens with zero attached hydrogens (tertiary/aromatic N) is 1. The summed E-state index contributed by atoms with van der Waals surface area (Å²) in [7, 11) is 0. The normalized spacial score (nSPS) is 11.5. The largest absolute Gasteiger partial charge is 0.478 e. The van der Waals surface area contributed by atoms with Gasteiger partial charge in [-0.3, -0.25) is 4.98 Å². The molecule has 0 atom stereocenters. The number of carboxylic acids is 1. The molecule has 5 heteroatoms. The minimum atomic E-state index is -0.885. The molecule has 0 aliphatic carbocycles. The molecule has 0 spiro atoms. The molecule has 2 heterocycles. The Bertz CT molecular complexity index is 565. The van der Waals surface area contributed by atoms with Crippen molar-refractivity contribution in [3.63, 3.8) is 0 Å². The van der Waals surface area contributed by atoms with Crippen LogP contribution in [-0.2, 0) is 11.2 Å². The average molecular weight is 288 g/mol. The van der Waals surface area contributed by atoms with E-state index in [-0.39, 0.29) is 0 Å². The van der Waals surface area contributed by atoms with Crippen molar-refractivity contribution in [1.82, 2.24) is 10.3 Å². The van der Waals surface area contributed by atoms with Crippen LogP contribution < -0.4 is 5.32 Å². The molecule has 0 saturated heterocycles. The second-order valence-electron chi connectivity index (χ2n) is 4.24. The van der Waals surface area contributed by atoms with Gasteiger partial charge in [-0.15, -0.1) is 11.3 Å². The number of thiophene rings is 1. The third-order valence-corrected chi connectivity index (χ3v) is 3.55. The highest BCUT2D eigenvalue weighted by Gasteiger charge is 2.07. The zero-order valence-electron chi connectivity index (χ0n) is 11.0. The van der Waals surface area contributed by atoms with Gasteiger partial charge >= 0.3 is 5.97 Å². The quantitative estimate of drug-likeness (QED) is 0.607. The Kier molecular flexibility index (Phi) is 5.46. The number of aliphatic carboxylic acids is 1. The summed E-state index contributed by atoms with van der Waals surface area (Å²) < 4.78 is 0. The van der Waals surface area contributed by atoms with Crippen LogP contribution in [0, 0.1) is 0 Å². The predicted octanol–water partition coefficient (Wildman–Crippen LogP) is 2.44. The van der Waals surface area contributed by atoms with Gasteiger partial charge in [0.05, 0.1) is 5.57 Å². The molecule has 0 bridgehead atoms. The van der Waals surface area contributed by atoms with Crippen LogP contribution in [-0.4, -0.2) is 29.1 Å². The molecule has 0 radical (unpaired) electrons. The topological polar surface area (TPSA) is 62.2 Å². The first-order valence-corrected chi connectivity index (χ1v) is 7.21. The number of hydrogen-bond acceptors (Lipinski definition) is 4. The van der Waals surface area contributed by atoms with Gasteiger partial charge in [0.25, 0.3) is 0 Å². The molecule has 2 rings (SSSR count). The van der Waals surface area contributed by atoms with Crippen LogP contribution in [0.25, 0.3) is 6.08 Å². The van der Waals surface area contributed by atoms with Crippen molar-refractivity contribution in [3.8, 4) is 0 Å². The van der Waals surface area contributed by atoms with Crippen LogP contribution in [0.2, 0.25) is 0 Å². The van der Waals surface area contributed by atoms with Gasteiger partial charge in [0.15, 0.2) is 0 Å². The minimum Gasteiger partial charge on any atom is -0.478 e. The van der Waals surface area contributed by atoms with Crippen LogP contribution >= 0.6 is 11.3 Å². The lowest BCUT2D eigenvalue weighted by molar-refractivity contribution is -0.132. The fourth-order valence-electron chi connectivity index (χ4n) is 1.72. The maximum absolute atomic E-state index is 11.2. The van der Waals surface area contributed by atoms with Gasteiger partial charge in [0.2, 0.25) is 0 Å². The van der Waals surface area contributed by atoms with Crippen molar-refractivity contribution in [1.29, 1.82) is 0 Å². The van der Waals surface area contributed by atoms with Crippen LogP contribution in [0.5, 0.6) is 0 Å². The second-order valence-corrected chi connectivity index (χ2v) is 5.22. The number of carbonyl (C=O) groups is 1. The molecule has 104 valence electrons. The van der Waals surface area contributed by atoms with Crippen molar-refractivity contribution in [3.05, 3.63) is 58.1 Å². The summed E-state index contributed by atoms with van der Waals surface area (Å²) in [6, 6.07) is 9.60. The molecule has 0 amide bonds. The molecule has 20 heavy (non-hydrogen) atoms. The number of hydrogen-bond donors (Lipinski definition) is 2. The lowest BCUT2D eigenvalue weighted by atomic mass is 10.2. The summed E-state index contributed by atoms with van der Waals surface area (Å²) in [5.41, 5.74) is 1.37. The van der Waals surface area contributed by atoms with E-state index in [2.05, 4.69) is 10.3 Å². The molecule has 0 aliphatic heterocycles. The van der Waals surface area contributed by atoms with Gasteiger partial charge in [0, 0.05) is 36.3 Å². The molecule has 0 aliphatic rings. The smallest absolute Gasteiger partial charge is 0.332 e. The van der Waals surface area contributed by atoms with E-state index in [1.807, 2.05) is 35.7 Å². The van der Waals surface area contributed by atoms with Crippen molar-refractivity contribution < 1.29 is 9.90 Å². The van der Waals surface area contributed by atoms with E-state index < -0.39 is 5.97 Å². The maximum atomic E-state index is 11.2. The van der Waals surface area contributed by atoms with Crippen molar-refractivity contribution >= 4 is 23.4 Å². The Morgan fingerprint density at radius 1 is 1.35 bits per heavy atom. The third-order valence-electron chi connectivity index (χ3n) is 2.73. The number of carboxylic acid groups (broad SMARTS) is 1. The van der Waals surface area contributed by atoms with Gasteiger partial charge in [-0.25, -0.2) is 4.79 Å². The van der Waals surface area contributed by atoms with E-state index >= 15 is 0 Å². The monoisotopic (exact) mass is 288 g/mol. The van der Waals surface area contributed by atoms with E-state index in [1.165, 1.54) is 11.3 Å². The predicted molar refractivity (Wildman–Crippen MR) is 80.7 cm³/mol. The van der Waals surface area contributed by atoms with Gasteiger partial charge in [-0.2, -0.15) is 0 Å². The molecule has 4 nitrogen and oxygen atoms in total. The van der Waals surface area contributed by atoms with Gasteiger partial charge in [-0.1, -0.05) is 12.1 Å². The highest BCUT2D eigenvalue weighted by molar-refractivity contribution is 7.10. The molecule has 2 aromatic rings. The minimum absolute atomic E-state index is 0.347. The standard InChI is InChI=1S/C15H16N2O2S/c18-15(19)12(10-14-5-3-9-20-14)11-16-8-6-13-4-1-2-7-17-13/h1-5,7,9-10,16H,6,8,11H2,(H,18,19). The van der Waals surface area contributed by atoms with E-state index in [0.29, 0.717) is 18.7 Å². The maximum Gasteiger partial charge on any atom is 0.332 e. The first kappa shape index (κ1) is 14.4. The molecule has 2 N–H and O–H groups in total. The first-order valence-electron chi connectivity index (χ1n) is 6.33. The average Bonchev–Trinajstić information content (AvgIpc) is 2.96. The zero-order chi connectivity index (χ0) is 14.2. The summed E-state index contributed by atoms with van der Waals surface area (Å²) in [5, 5.41) is 14.2.